The van der Waals surface area contributed by atoms with Gasteiger partial charge in [-0.3, -0.25) is 9.36 Å². The Morgan fingerprint density at radius 1 is 1.22 bits per heavy atom. The summed E-state index contributed by atoms with van der Waals surface area (Å²) in [6.07, 6.45) is 0.569. The molecule has 0 amide bonds. The quantitative estimate of drug-likeness (QED) is 0.675. The lowest BCUT2D eigenvalue weighted by atomic mass is 9.99. The number of carboxylic acid groups (broad SMARTS) is 1. The maximum absolute atomic E-state index is 12.0. The number of carboxylic acids is 1. The smallest absolute Gasteiger partial charge is 0.307 e. The molecule has 0 radical (unpaired) electrons. The van der Waals surface area contributed by atoms with Crippen LogP contribution in [0, 0.1) is 5.92 Å². The molecule has 124 valence electrons. The summed E-state index contributed by atoms with van der Waals surface area (Å²) in [7, 11) is -3.64. The molecule has 0 bridgehead atoms. The predicted molar refractivity (Wildman–Crippen MR) is 91.7 cm³/mol. The van der Waals surface area contributed by atoms with E-state index in [0.29, 0.717) is 12.8 Å². The van der Waals surface area contributed by atoms with E-state index in [9.17, 15) is 19.4 Å². The summed E-state index contributed by atoms with van der Waals surface area (Å²) in [6.45, 7) is 1.43. The highest BCUT2D eigenvalue weighted by atomic mass is 31.2. The zero-order valence-electron chi connectivity index (χ0n) is 13.1. The van der Waals surface area contributed by atoms with Crippen molar-refractivity contribution in [3.8, 4) is 0 Å². The predicted octanol–water partition coefficient (Wildman–Crippen LogP) is 3.05. The van der Waals surface area contributed by atoms with Crippen LogP contribution < -0.4 is 5.73 Å². The van der Waals surface area contributed by atoms with Crippen LogP contribution in [0.3, 0.4) is 0 Å². The topological polar surface area (TPSA) is 101 Å². The second-order valence-electron chi connectivity index (χ2n) is 5.93. The van der Waals surface area contributed by atoms with Crippen LogP contribution in [0.2, 0.25) is 0 Å². The molecule has 23 heavy (non-hydrogen) atoms. The van der Waals surface area contributed by atoms with Crippen LogP contribution >= 0.6 is 7.37 Å². The molecule has 4 N–H and O–H groups in total. The Bertz CT molecular complexity index is 744. The van der Waals surface area contributed by atoms with Gasteiger partial charge >= 0.3 is 5.97 Å². The zero-order chi connectivity index (χ0) is 17.0. The molecule has 3 atom stereocenters. The van der Waals surface area contributed by atoms with E-state index in [1.54, 1.807) is 0 Å². The maximum atomic E-state index is 12.0. The molecule has 0 saturated carbocycles. The third-order valence-corrected chi connectivity index (χ3v) is 6.30. The first kappa shape index (κ1) is 17.7. The molecule has 6 heteroatoms. The summed E-state index contributed by atoms with van der Waals surface area (Å²) >= 11 is 0. The molecular weight excluding hydrogens is 313 g/mol. The number of rotatable bonds is 7. The molecule has 0 aliphatic carbocycles. The van der Waals surface area contributed by atoms with Crippen LogP contribution in [0.15, 0.2) is 42.5 Å². The van der Waals surface area contributed by atoms with Crippen molar-refractivity contribution in [1.29, 1.82) is 0 Å². The maximum Gasteiger partial charge on any atom is 0.307 e. The van der Waals surface area contributed by atoms with E-state index in [-0.39, 0.29) is 6.16 Å². The lowest BCUT2D eigenvalue weighted by Crippen LogP contribution is -2.25. The molecule has 0 heterocycles. The number of aliphatic carboxylic acids is 1. The van der Waals surface area contributed by atoms with Gasteiger partial charge < -0.3 is 15.7 Å². The SMILES string of the molecule is CC(N)P(=O)(O)CC(CCc1ccc2ccccc2c1)C(=O)O. The first-order valence-corrected chi connectivity index (χ1v) is 9.48. The van der Waals surface area contributed by atoms with Crippen molar-refractivity contribution in [2.75, 3.05) is 6.16 Å². The Balaban J connectivity index is 2.08. The molecule has 2 aromatic carbocycles. The van der Waals surface area contributed by atoms with E-state index in [1.807, 2.05) is 42.5 Å². The van der Waals surface area contributed by atoms with Gasteiger partial charge in [-0.05, 0) is 36.1 Å². The van der Waals surface area contributed by atoms with E-state index >= 15 is 0 Å². The monoisotopic (exact) mass is 335 g/mol. The normalized spacial score (nSPS) is 16.7. The summed E-state index contributed by atoms with van der Waals surface area (Å²) < 4.78 is 12.0. The summed E-state index contributed by atoms with van der Waals surface area (Å²) in [6, 6.07) is 13.9. The summed E-state index contributed by atoms with van der Waals surface area (Å²) in [5.41, 5.74) is 6.50. The lowest BCUT2D eigenvalue weighted by molar-refractivity contribution is -0.141. The van der Waals surface area contributed by atoms with E-state index in [2.05, 4.69) is 0 Å². The molecule has 3 unspecified atom stereocenters. The summed E-state index contributed by atoms with van der Waals surface area (Å²) in [5, 5.41) is 11.5. The van der Waals surface area contributed by atoms with Gasteiger partial charge in [0.15, 0.2) is 0 Å². The Kier molecular flexibility index (Phi) is 5.58. The Morgan fingerprint density at radius 2 is 1.87 bits per heavy atom. The van der Waals surface area contributed by atoms with Crippen molar-refractivity contribution in [3.05, 3.63) is 48.0 Å². The molecule has 0 spiro atoms. The fourth-order valence-electron chi connectivity index (χ4n) is 2.51. The molecule has 0 fully saturated rings. The molecule has 0 aliphatic rings. The van der Waals surface area contributed by atoms with Crippen LogP contribution in [0.4, 0.5) is 0 Å². The van der Waals surface area contributed by atoms with E-state index in [0.717, 1.165) is 16.3 Å². The van der Waals surface area contributed by atoms with Crippen LogP contribution in [-0.2, 0) is 15.8 Å². The Labute approximate surface area is 135 Å². The minimum atomic E-state index is -3.64. The molecule has 0 saturated heterocycles. The second kappa shape index (κ2) is 7.26. The fourth-order valence-corrected chi connectivity index (χ4v) is 3.81. The summed E-state index contributed by atoms with van der Waals surface area (Å²) in [5.74, 6) is -2.84. The van der Waals surface area contributed by atoms with Gasteiger partial charge in [0.2, 0.25) is 7.37 Å². The third kappa shape index (κ3) is 4.64. The average Bonchev–Trinajstić information content (AvgIpc) is 2.50. The molecule has 0 aliphatic heterocycles. The van der Waals surface area contributed by atoms with Crippen molar-refractivity contribution in [2.45, 2.75) is 25.5 Å². The van der Waals surface area contributed by atoms with E-state index < -0.39 is 25.0 Å². The molecular formula is C17H22NO4P. The van der Waals surface area contributed by atoms with Gasteiger partial charge in [0.1, 0.15) is 0 Å². The minimum absolute atomic E-state index is 0.284. The largest absolute Gasteiger partial charge is 0.481 e. The van der Waals surface area contributed by atoms with Crippen molar-refractivity contribution < 1.29 is 19.4 Å². The average molecular weight is 335 g/mol. The fraction of sp³-hybridized carbons (Fsp3) is 0.353. The first-order valence-electron chi connectivity index (χ1n) is 7.57. The Morgan fingerprint density at radius 3 is 2.48 bits per heavy atom. The van der Waals surface area contributed by atoms with Gasteiger partial charge in [0, 0.05) is 6.16 Å². The molecule has 0 aromatic heterocycles. The van der Waals surface area contributed by atoms with Crippen LogP contribution in [0.25, 0.3) is 10.8 Å². The Hall–Kier alpha value is -1.68. The number of hydrogen-bond acceptors (Lipinski definition) is 3. The van der Waals surface area contributed by atoms with E-state index in [4.69, 9.17) is 5.73 Å². The van der Waals surface area contributed by atoms with Crippen molar-refractivity contribution in [1.82, 2.24) is 0 Å². The van der Waals surface area contributed by atoms with Gasteiger partial charge in [-0.15, -0.1) is 0 Å². The number of hydrogen-bond donors (Lipinski definition) is 3. The third-order valence-electron chi connectivity index (χ3n) is 4.06. The minimum Gasteiger partial charge on any atom is -0.481 e. The molecule has 2 aromatic rings. The highest BCUT2D eigenvalue weighted by Crippen LogP contribution is 2.46. The number of benzene rings is 2. The first-order chi connectivity index (χ1) is 10.8. The van der Waals surface area contributed by atoms with Crippen molar-refractivity contribution in [2.24, 2.45) is 11.7 Å². The zero-order valence-corrected chi connectivity index (χ0v) is 13.9. The highest BCUT2D eigenvalue weighted by Gasteiger charge is 2.31. The van der Waals surface area contributed by atoms with Gasteiger partial charge in [-0.2, -0.15) is 0 Å². The van der Waals surface area contributed by atoms with Crippen LogP contribution in [-0.4, -0.2) is 27.9 Å². The summed E-state index contributed by atoms with van der Waals surface area (Å²) in [4.78, 5) is 21.2. The number of aryl methyl sites for hydroxylation is 1. The van der Waals surface area contributed by atoms with Gasteiger partial charge in [-0.25, -0.2) is 0 Å². The van der Waals surface area contributed by atoms with E-state index in [1.165, 1.54) is 6.92 Å². The van der Waals surface area contributed by atoms with Gasteiger partial charge in [0.05, 0.1) is 11.7 Å². The number of nitrogens with two attached hydrogens (primary N) is 1. The molecule has 2 rings (SSSR count). The van der Waals surface area contributed by atoms with Crippen LogP contribution in [0.1, 0.15) is 18.9 Å². The van der Waals surface area contributed by atoms with Gasteiger partial charge in [0.25, 0.3) is 0 Å². The lowest BCUT2D eigenvalue weighted by Gasteiger charge is -2.20. The molecule has 5 nitrogen and oxygen atoms in total. The number of carbonyl (C=O) groups is 1. The number of fused-ring (bicyclic) bond motifs is 1. The highest BCUT2D eigenvalue weighted by molar-refractivity contribution is 7.58. The second-order valence-corrected chi connectivity index (χ2v) is 8.63. The van der Waals surface area contributed by atoms with Crippen LogP contribution in [0.5, 0.6) is 0 Å². The standard InChI is InChI=1S/C17H22NO4P/c1-12(18)23(21,22)11-16(17(19)20)9-7-13-6-8-14-4-2-3-5-15(14)10-13/h2-6,8,10,12,16H,7,9,11,18H2,1H3,(H,19,20)(H,21,22). The van der Waals surface area contributed by atoms with Crippen molar-refractivity contribution in [3.63, 3.8) is 0 Å². The van der Waals surface area contributed by atoms with Gasteiger partial charge in [-0.1, -0.05) is 42.5 Å². The van der Waals surface area contributed by atoms with Crippen molar-refractivity contribution >= 4 is 24.1 Å².